The summed E-state index contributed by atoms with van der Waals surface area (Å²) in [4.78, 5) is 12.6. The Morgan fingerprint density at radius 3 is 2.50 bits per heavy atom. The molecule has 0 aliphatic rings. The van der Waals surface area contributed by atoms with Crippen LogP contribution in [0, 0.1) is 0 Å². The average molecular weight is 271 g/mol. The van der Waals surface area contributed by atoms with Crippen LogP contribution in [0.15, 0.2) is 40.2 Å². The van der Waals surface area contributed by atoms with Crippen LogP contribution in [0.2, 0.25) is 0 Å². The van der Waals surface area contributed by atoms with Gasteiger partial charge in [-0.25, -0.2) is 0 Å². The highest BCUT2D eigenvalue weighted by Crippen LogP contribution is 2.16. The molecule has 0 aromatic heterocycles. The minimum atomic E-state index is 0.144. The van der Waals surface area contributed by atoms with Crippen molar-refractivity contribution in [2.24, 2.45) is 0 Å². The molecule has 1 rings (SSSR count). The molecule has 74 valence electrons. The topological polar surface area (TPSA) is 17.1 Å². The molecule has 0 spiro atoms. The Morgan fingerprint density at radius 2 is 2.00 bits per heavy atom. The zero-order chi connectivity index (χ0) is 10.6. The Labute approximate surface area is 96.7 Å². The molecule has 14 heavy (non-hydrogen) atoms. The van der Waals surface area contributed by atoms with Gasteiger partial charge in [-0.1, -0.05) is 34.6 Å². The largest absolute Gasteiger partial charge is 0.293 e. The quantitative estimate of drug-likeness (QED) is 0.772. The molecule has 1 nitrogen and oxygen atoms in total. The van der Waals surface area contributed by atoms with Crippen molar-refractivity contribution in [3.63, 3.8) is 0 Å². The first-order chi connectivity index (χ1) is 6.59. The van der Waals surface area contributed by atoms with Crippen LogP contribution in [0.5, 0.6) is 0 Å². The van der Waals surface area contributed by atoms with E-state index in [-0.39, 0.29) is 5.78 Å². The van der Waals surface area contributed by atoms with Crippen LogP contribution in [-0.2, 0) is 0 Å². The van der Waals surface area contributed by atoms with Crippen LogP contribution in [0.25, 0.3) is 0 Å². The summed E-state index contributed by atoms with van der Waals surface area (Å²) in [5.74, 6) is 0.613. The lowest BCUT2D eigenvalue weighted by Gasteiger charge is -2.00. The van der Waals surface area contributed by atoms with Crippen LogP contribution >= 0.6 is 27.7 Å². The third-order valence-electron chi connectivity index (χ3n) is 1.62. The van der Waals surface area contributed by atoms with Gasteiger partial charge in [0.1, 0.15) is 0 Å². The molecule has 0 saturated carbocycles. The van der Waals surface area contributed by atoms with Gasteiger partial charge in [-0.15, -0.1) is 11.8 Å². The highest BCUT2D eigenvalue weighted by Gasteiger charge is 2.05. The van der Waals surface area contributed by atoms with E-state index < -0.39 is 0 Å². The van der Waals surface area contributed by atoms with Crippen molar-refractivity contribution < 1.29 is 4.79 Å². The van der Waals surface area contributed by atoms with Crippen LogP contribution in [0.1, 0.15) is 17.3 Å². The van der Waals surface area contributed by atoms with Gasteiger partial charge < -0.3 is 0 Å². The monoisotopic (exact) mass is 270 g/mol. The number of hydrogen-bond donors (Lipinski definition) is 0. The Morgan fingerprint density at radius 1 is 1.43 bits per heavy atom. The van der Waals surface area contributed by atoms with Crippen LogP contribution < -0.4 is 0 Å². The molecule has 0 aliphatic carbocycles. The molecular weight excluding hydrogens is 260 g/mol. The first-order valence-corrected chi connectivity index (χ1v) is 5.94. The Balaban J connectivity index is 2.61. The van der Waals surface area contributed by atoms with Crippen molar-refractivity contribution in [1.82, 2.24) is 0 Å². The van der Waals surface area contributed by atoms with Crippen LogP contribution in [-0.4, -0.2) is 11.5 Å². The highest BCUT2D eigenvalue weighted by molar-refractivity contribution is 9.10. The number of allylic oxidation sites excluding steroid dienone is 1. The maximum Gasteiger partial charge on any atom is 0.173 e. The van der Waals surface area contributed by atoms with Gasteiger partial charge >= 0.3 is 0 Å². The molecule has 1 aromatic carbocycles. The molecule has 0 bridgehead atoms. The summed E-state index contributed by atoms with van der Waals surface area (Å²) < 4.78 is 0.988. The fraction of sp³-hybridized carbons (Fsp3) is 0.182. The fourth-order valence-corrected chi connectivity index (χ4v) is 1.72. The SMILES string of the molecule is C=C(C)SCC(=O)c1ccc(Br)cc1. The van der Waals surface area contributed by atoms with Crippen molar-refractivity contribution in [2.75, 3.05) is 5.75 Å². The number of ketones is 1. The lowest BCUT2D eigenvalue weighted by molar-refractivity contribution is 0.102. The van der Waals surface area contributed by atoms with E-state index in [4.69, 9.17) is 0 Å². The number of benzene rings is 1. The van der Waals surface area contributed by atoms with Crippen molar-refractivity contribution in [3.05, 3.63) is 45.8 Å². The second kappa shape index (κ2) is 5.37. The van der Waals surface area contributed by atoms with E-state index >= 15 is 0 Å². The molecule has 0 aliphatic heterocycles. The highest BCUT2D eigenvalue weighted by atomic mass is 79.9. The molecule has 1 aromatic rings. The molecular formula is C11H11BrOS. The summed E-state index contributed by atoms with van der Waals surface area (Å²) in [6, 6.07) is 7.40. The van der Waals surface area contributed by atoms with E-state index in [0.29, 0.717) is 5.75 Å². The second-order valence-electron chi connectivity index (χ2n) is 2.92. The van der Waals surface area contributed by atoms with Crippen molar-refractivity contribution in [2.45, 2.75) is 6.92 Å². The number of carbonyl (C=O) groups excluding carboxylic acids is 1. The lowest BCUT2D eigenvalue weighted by atomic mass is 10.2. The van der Waals surface area contributed by atoms with Crippen molar-refractivity contribution in [3.8, 4) is 0 Å². The van der Waals surface area contributed by atoms with Gasteiger partial charge in [-0.3, -0.25) is 4.79 Å². The standard InChI is InChI=1S/C11H11BrOS/c1-8(2)14-7-11(13)9-3-5-10(12)6-4-9/h3-6H,1,7H2,2H3. The van der Waals surface area contributed by atoms with E-state index in [9.17, 15) is 4.79 Å². The molecule has 3 heteroatoms. The third kappa shape index (κ3) is 3.68. The molecule has 0 fully saturated rings. The number of Topliss-reactive ketones (excluding diaryl/α,β-unsaturated/α-hetero) is 1. The normalized spacial score (nSPS) is 9.86. The van der Waals surface area contributed by atoms with Gasteiger partial charge in [-0.2, -0.15) is 0 Å². The molecule has 0 heterocycles. The van der Waals surface area contributed by atoms with Gasteiger partial charge in [0.15, 0.2) is 5.78 Å². The van der Waals surface area contributed by atoms with Gasteiger partial charge in [0, 0.05) is 10.0 Å². The molecule has 0 amide bonds. The molecule has 0 saturated heterocycles. The van der Waals surface area contributed by atoms with E-state index in [1.807, 2.05) is 31.2 Å². The minimum absolute atomic E-state index is 0.144. The maximum absolute atomic E-state index is 11.6. The van der Waals surface area contributed by atoms with Gasteiger partial charge in [0.25, 0.3) is 0 Å². The van der Waals surface area contributed by atoms with E-state index in [2.05, 4.69) is 22.5 Å². The summed E-state index contributed by atoms with van der Waals surface area (Å²) in [6.45, 7) is 5.64. The fourth-order valence-electron chi connectivity index (χ4n) is 0.908. The number of halogens is 1. The van der Waals surface area contributed by atoms with Crippen molar-refractivity contribution in [1.29, 1.82) is 0 Å². The van der Waals surface area contributed by atoms with Gasteiger partial charge in [-0.05, 0) is 24.0 Å². The first-order valence-electron chi connectivity index (χ1n) is 4.16. The smallest absolute Gasteiger partial charge is 0.173 e. The van der Waals surface area contributed by atoms with Gasteiger partial charge in [0.05, 0.1) is 5.75 Å². The van der Waals surface area contributed by atoms with Crippen LogP contribution in [0.4, 0.5) is 0 Å². The average Bonchev–Trinajstić information content (AvgIpc) is 2.15. The summed E-state index contributed by atoms with van der Waals surface area (Å²) in [6.07, 6.45) is 0. The summed E-state index contributed by atoms with van der Waals surface area (Å²) in [7, 11) is 0. The predicted octanol–water partition coefficient (Wildman–Crippen LogP) is 3.90. The molecule has 0 N–H and O–H groups in total. The molecule has 0 atom stereocenters. The lowest BCUT2D eigenvalue weighted by Crippen LogP contribution is -2.01. The number of thioether (sulfide) groups is 1. The zero-order valence-corrected chi connectivity index (χ0v) is 10.3. The second-order valence-corrected chi connectivity index (χ2v) is 5.11. The number of rotatable bonds is 4. The number of hydrogen-bond acceptors (Lipinski definition) is 2. The first kappa shape index (κ1) is 11.5. The zero-order valence-electron chi connectivity index (χ0n) is 7.92. The molecule has 0 radical (unpaired) electrons. The Bertz CT molecular complexity index is 343. The summed E-state index contributed by atoms with van der Waals surface area (Å²) in [5.41, 5.74) is 0.752. The maximum atomic E-state index is 11.6. The van der Waals surface area contributed by atoms with E-state index in [1.54, 1.807) is 0 Å². The number of carbonyl (C=O) groups is 1. The summed E-state index contributed by atoms with van der Waals surface area (Å²) in [5, 5.41) is 0. The van der Waals surface area contributed by atoms with E-state index in [0.717, 1.165) is 14.9 Å². The van der Waals surface area contributed by atoms with Gasteiger partial charge in [0.2, 0.25) is 0 Å². The summed E-state index contributed by atoms with van der Waals surface area (Å²) >= 11 is 4.81. The predicted molar refractivity (Wildman–Crippen MR) is 65.7 cm³/mol. The van der Waals surface area contributed by atoms with E-state index in [1.165, 1.54) is 11.8 Å². The molecule has 0 unspecified atom stereocenters. The third-order valence-corrected chi connectivity index (χ3v) is 3.04. The van der Waals surface area contributed by atoms with Crippen molar-refractivity contribution >= 4 is 33.5 Å². The Hall–Kier alpha value is -0.540. The van der Waals surface area contributed by atoms with Crippen LogP contribution in [0.3, 0.4) is 0 Å². The Kier molecular flexibility index (Phi) is 4.42. The minimum Gasteiger partial charge on any atom is -0.293 e.